The van der Waals surface area contributed by atoms with Gasteiger partial charge in [-0.1, -0.05) is 37.3 Å². The van der Waals surface area contributed by atoms with Crippen molar-refractivity contribution in [1.82, 2.24) is 0 Å². The lowest BCUT2D eigenvalue weighted by Gasteiger charge is -2.37. The first-order valence-corrected chi connectivity index (χ1v) is 10.4. The molecule has 162 valence electrons. The number of carboxylic acids is 1. The predicted octanol–water partition coefficient (Wildman–Crippen LogP) is 4.78. The minimum atomic E-state index is -0.987. The van der Waals surface area contributed by atoms with Gasteiger partial charge in [0.15, 0.2) is 5.78 Å². The minimum Gasteiger partial charge on any atom is -0.506 e. The van der Waals surface area contributed by atoms with Crippen LogP contribution in [0.25, 0.3) is 6.08 Å². The Bertz CT molecular complexity index is 1080. The van der Waals surface area contributed by atoms with Gasteiger partial charge in [0.25, 0.3) is 0 Å². The first-order chi connectivity index (χ1) is 14.6. The summed E-state index contributed by atoms with van der Waals surface area (Å²) in [4.78, 5) is 25.0. The summed E-state index contributed by atoms with van der Waals surface area (Å²) in [5.41, 5.74) is 1.04. The molecule has 0 radical (unpaired) electrons. The molecule has 0 aromatic heterocycles. The minimum absolute atomic E-state index is 0.0960. The molecule has 0 bridgehead atoms. The topological polar surface area (TPSA) is 93.1 Å². The molecule has 6 heteroatoms. The molecule has 0 saturated carbocycles. The largest absolute Gasteiger partial charge is 0.506 e. The van der Waals surface area contributed by atoms with Gasteiger partial charge >= 0.3 is 5.97 Å². The smallest absolute Gasteiger partial charge is 0.304 e. The van der Waals surface area contributed by atoms with Gasteiger partial charge in [-0.2, -0.15) is 0 Å². The number of ether oxygens (including phenoxy) is 2. The van der Waals surface area contributed by atoms with E-state index in [9.17, 15) is 19.8 Å². The third-order valence-corrected chi connectivity index (χ3v) is 6.07. The number of ketones is 1. The zero-order valence-corrected chi connectivity index (χ0v) is 18.0. The molecular weight excluding hydrogens is 396 g/mol. The van der Waals surface area contributed by atoms with E-state index in [1.54, 1.807) is 26.0 Å². The van der Waals surface area contributed by atoms with Crippen molar-refractivity contribution in [1.29, 1.82) is 0 Å². The SMILES string of the molecule is C[C@@H]1Oc2c(c(O)c3c(c2[C@H](CC(=O)O)c2ccccc2)OC(C)(C)C=C3)C(=O)[C@H]1C. The molecule has 0 fully saturated rings. The van der Waals surface area contributed by atoms with E-state index in [-0.39, 0.29) is 29.3 Å². The number of aromatic hydroxyl groups is 1. The Morgan fingerprint density at radius 1 is 1.16 bits per heavy atom. The normalized spacial score (nSPS) is 22.0. The summed E-state index contributed by atoms with van der Waals surface area (Å²) in [6.45, 7) is 7.30. The number of hydrogen-bond donors (Lipinski definition) is 2. The molecule has 4 rings (SSSR count). The van der Waals surface area contributed by atoms with E-state index in [1.807, 2.05) is 44.2 Å². The number of carbonyl (C=O) groups is 2. The maximum absolute atomic E-state index is 13.2. The first-order valence-electron chi connectivity index (χ1n) is 10.4. The number of phenolic OH excluding ortho intramolecular Hbond substituents is 1. The number of carbonyl (C=O) groups excluding carboxylic acids is 1. The highest BCUT2D eigenvalue weighted by Crippen LogP contribution is 2.54. The summed E-state index contributed by atoms with van der Waals surface area (Å²) in [6, 6.07) is 9.23. The van der Waals surface area contributed by atoms with E-state index in [0.29, 0.717) is 16.9 Å². The van der Waals surface area contributed by atoms with Gasteiger partial charge in [0.2, 0.25) is 0 Å². The fourth-order valence-corrected chi connectivity index (χ4v) is 4.22. The second-order valence-electron chi connectivity index (χ2n) is 8.79. The van der Waals surface area contributed by atoms with Gasteiger partial charge in [0, 0.05) is 11.5 Å². The lowest BCUT2D eigenvalue weighted by molar-refractivity contribution is -0.137. The van der Waals surface area contributed by atoms with Crippen molar-refractivity contribution < 1.29 is 29.3 Å². The van der Waals surface area contributed by atoms with Crippen LogP contribution in [0, 0.1) is 5.92 Å². The Hall–Kier alpha value is -3.28. The summed E-state index contributed by atoms with van der Waals surface area (Å²) in [5.74, 6) is -1.90. The molecule has 6 nitrogen and oxygen atoms in total. The van der Waals surface area contributed by atoms with Crippen LogP contribution in [0.4, 0.5) is 0 Å². The number of Topliss-reactive ketones (excluding diaryl/α,β-unsaturated/α-hetero) is 1. The first kappa shape index (κ1) is 21.0. The monoisotopic (exact) mass is 422 g/mol. The molecule has 0 aliphatic carbocycles. The average molecular weight is 422 g/mol. The van der Waals surface area contributed by atoms with Crippen LogP contribution in [0.2, 0.25) is 0 Å². The number of benzene rings is 2. The molecule has 0 amide bonds. The Morgan fingerprint density at radius 3 is 2.48 bits per heavy atom. The molecule has 2 aliphatic rings. The number of carboxylic acid groups (broad SMARTS) is 1. The van der Waals surface area contributed by atoms with E-state index in [2.05, 4.69) is 0 Å². The van der Waals surface area contributed by atoms with Crippen molar-refractivity contribution in [3.05, 3.63) is 58.7 Å². The molecule has 2 aliphatic heterocycles. The zero-order valence-electron chi connectivity index (χ0n) is 18.0. The van der Waals surface area contributed by atoms with E-state index in [0.717, 1.165) is 5.56 Å². The lowest BCUT2D eigenvalue weighted by Crippen LogP contribution is -2.36. The van der Waals surface area contributed by atoms with Crippen LogP contribution >= 0.6 is 0 Å². The Morgan fingerprint density at radius 2 is 1.84 bits per heavy atom. The van der Waals surface area contributed by atoms with Crippen molar-refractivity contribution in [3.63, 3.8) is 0 Å². The fourth-order valence-electron chi connectivity index (χ4n) is 4.22. The third kappa shape index (κ3) is 3.56. The van der Waals surface area contributed by atoms with Crippen LogP contribution in [0.1, 0.15) is 67.1 Å². The second kappa shape index (κ2) is 7.45. The van der Waals surface area contributed by atoms with E-state index < -0.39 is 29.5 Å². The molecular formula is C25H26O6. The standard InChI is InChI=1S/C25H26O6/c1-13-14(2)30-24-19(17(12-18(26)27)15-8-6-5-7-9-15)23-16(10-11-25(3,4)31-23)22(29)20(24)21(13)28/h5-11,13-14,17,29H,12H2,1-4H3,(H,26,27)/t13-,14-,17+/m0/s1. The zero-order chi connectivity index (χ0) is 22.5. The second-order valence-corrected chi connectivity index (χ2v) is 8.79. The molecule has 0 spiro atoms. The van der Waals surface area contributed by atoms with Gasteiger partial charge in [0.05, 0.1) is 17.9 Å². The van der Waals surface area contributed by atoms with Gasteiger partial charge in [-0.15, -0.1) is 0 Å². The Kier molecular flexibility index (Phi) is 5.04. The van der Waals surface area contributed by atoms with E-state index in [1.165, 1.54) is 0 Å². The third-order valence-electron chi connectivity index (χ3n) is 6.07. The maximum Gasteiger partial charge on any atom is 0.304 e. The molecule has 31 heavy (non-hydrogen) atoms. The molecule has 2 N–H and O–H groups in total. The quantitative estimate of drug-likeness (QED) is 0.736. The number of rotatable bonds is 4. The summed E-state index contributed by atoms with van der Waals surface area (Å²) >= 11 is 0. The van der Waals surface area contributed by atoms with E-state index in [4.69, 9.17) is 9.47 Å². The molecule has 2 heterocycles. The number of phenols is 1. The predicted molar refractivity (Wildman–Crippen MR) is 116 cm³/mol. The van der Waals surface area contributed by atoms with Gasteiger partial charge in [0.1, 0.15) is 34.5 Å². The van der Waals surface area contributed by atoms with Crippen molar-refractivity contribution in [3.8, 4) is 17.2 Å². The van der Waals surface area contributed by atoms with Crippen molar-refractivity contribution >= 4 is 17.8 Å². The summed E-state index contributed by atoms with van der Waals surface area (Å²) in [6.07, 6.45) is 2.89. The van der Waals surface area contributed by atoms with Crippen LogP contribution < -0.4 is 9.47 Å². The molecule has 2 aromatic rings. The van der Waals surface area contributed by atoms with Gasteiger partial charge in [-0.25, -0.2) is 0 Å². The fraction of sp³-hybridized carbons (Fsp3) is 0.360. The highest BCUT2D eigenvalue weighted by atomic mass is 16.5. The van der Waals surface area contributed by atoms with Crippen molar-refractivity contribution in [2.75, 3.05) is 0 Å². The maximum atomic E-state index is 13.2. The number of aliphatic carboxylic acids is 1. The van der Waals surface area contributed by atoms with E-state index >= 15 is 0 Å². The Labute approximate surface area is 181 Å². The van der Waals surface area contributed by atoms with Crippen LogP contribution in [0.3, 0.4) is 0 Å². The van der Waals surface area contributed by atoms with Crippen LogP contribution in [0.15, 0.2) is 36.4 Å². The highest BCUT2D eigenvalue weighted by molar-refractivity contribution is 6.06. The summed E-state index contributed by atoms with van der Waals surface area (Å²) < 4.78 is 12.4. The highest BCUT2D eigenvalue weighted by Gasteiger charge is 2.42. The van der Waals surface area contributed by atoms with Gasteiger partial charge in [-0.3, -0.25) is 9.59 Å². The van der Waals surface area contributed by atoms with Gasteiger partial charge < -0.3 is 19.7 Å². The van der Waals surface area contributed by atoms with Gasteiger partial charge in [-0.05, 0) is 38.5 Å². The summed E-state index contributed by atoms with van der Waals surface area (Å²) in [5, 5.41) is 20.7. The molecule has 2 aromatic carbocycles. The number of fused-ring (bicyclic) bond motifs is 2. The van der Waals surface area contributed by atoms with Crippen molar-refractivity contribution in [2.24, 2.45) is 5.92 Å². The molecule has 3 atom stereocenters. The lowest BCUT2D eigenvalue weighted by atomic mass is 9.80. The number of hydrogen-bond acceptors (Lipinski definition) is 5. The van der Waals surface area contributed by atoms with Crippen molar-refractivity contribution in [2.45, 2.75) is 51.7 Å². The van der Waals surface area contributed by atoms with Crippen LogP contribution in [-0.2, 0) is 4.79 Å². The average Bonchev–Trinajstić information content (AvgIpc) is 2.70. The summed E-state index contributed by atoms with van der Waals surface area (Å²) in [7, 11) is 0. The molecule has 0 unspecified atom stereocenters. The Balaban J connectivity index is 2.08. The van der Waals surface area contributed by atoms with Crippen LogP contribution in [-0.4, -0.2) is 33.7 Å². The molecule has 0 saturated heterocycles. The van der Waals surface area contributed by atoms with Crippen LogP contribution in [0.5, 0.6) is 17.2 Å².